The SMILES string of the molecule is COc1cc(CN2CCN(C(C)(C)C)C(c3ccccc3C(C)C)C2)cc(C)n1. The predicted molar refractivity (Wildman–Crippen MR) is 121 cm³/mol. The molecule has 0 N–H and O–H groups in total. The highest BCUT2D eigenvalue weighted by Crippen LogP contribution is 2.36. The van der Waals surface area contributed by atoms with E-state index in [1.165, 1.54) is 16.7 Å². The van der Waals surface area contributed by atoms with Crippen molar-refractivity contribution in [2.24, 2.45) is 0 Å². The molecule has 1 atom stereocenters. The van der Waals surface area contributed by atoms with Crippen molar-refractivity contribution in [1.82, 2.24) is 14.8 Å². The first-order chi connectivity index (χ1) is 13.7. The van der Waals surface area contributed by atoms with Gasteiger partial charge in [0.15, 0.2) is 0 Å². The second-order valence-corrected chi connectivity index (χ2v) is 9.56. The Balaban J connectivity index is 1.89. The number of methoxy groups -OCH3 is 1. The number of piperazine rings is 1. The maximum Gasteiger partial charge on any atom is 0.213 e. The highest BCUT2D eigenvalue weighted by molar-refractivity contribution is 5.33. The molecule has 1 aromatic carbocycles. The molecule has 0 radical (unpaired) electrons. The molecule has 0 bridgehead atoms. The van der Waals surface area contributed by atoms with Crippen LogP contribution in [0.3, 0.4) is 0 Å². The normalized spacial score (nSPS) is 19.0. The fraction of sp³-hybridized carbons (Fsp3) is 0.560. The van der Waals surface area contributed by atoms with Gasteiger partial charge in [0.25, 0.3) is 0 Å². The van der Waals surface area contributed by atoms with Gasteiger partial charge >= 0.3 is 0 Å². The number of pyridine rings is 1. The third-order valence-corrected chi connectivity index (χ3v) is 5.91. The number of nitrogens with zero attached hydrogens (tertiary/aromatic N) is 3. The Bertz CT molecular complexity index is 825. The van der Waals surface area contributed by atoms with Crippen LogP contribution < -0.4 is 4.74 Å². The number of hydrogen-bond acceptors (Lipinski definition) is 4. The van der Waals surface area contributed by atoms with E-state index >= 15 is 0 Å². The summed E-state index contributed by atoms with van der Waals surface area (Å²) in [6, 6.07) is 13.6. The Morgan fingerprint density at radius 1 is 1.14 bits per heavy atom. The first-order valence-electron chi connectivity index (χ1n) is 10.8. The summed E-state index contributed by atoms with van der Waals surface area (Å²) >= 11 is 0. The Morgan fingerprint density at radius 3 is 2.52 bits per heavy atom. The van der Waals surface area contributed by atoms with Crippen molar-refractivity contribution >= 4 is 0 Å². The maximum atomic E-state index is 5.38. The Labute approximate surface area is 176 Å². The van der Waals surface area contributed by atoms with Crippen LogP contribution in [-0.2, 0) is 6.54 Å². The molecule has 0 aliphatic carbocycles. The third-order valence-electron chi connectivity index (χ3n) is 5.91. The van der Waals surface area contributed by atoms with E-state index in [1.54, 1.807) is 7.11 Å². The summed E-state index contributed by atoms with van der Waals surface area (Å²) in [5.41, 5.74) is 5.36. The molecule has 2 heterocycles. The largest absolute Gasteiger partial charge is 0.481 e. The molecule has 29 heavy (non-hydrogen) atoms. The van der Waals surface area contributed by atoms with Gasteiger partial charge in [0.2, 0.25) is 5.88 Å². The van der Waals surface area contributed by atoms with Crippen molar-refractivity contribution in [3.05, 3.63) is 58.8 Å². The van der Waals surface area contributed by atoms with Crippen LogP contribution in [0.5, 0.6) is 5.88 Å². The van der Waals surface area contributed by atoms with Gasteiger partial charge < -0.3 is 4.74 Å². The van der Waals surface area contributed by atoms with Crippen LogP contribution in [0.1, 0.15) is 69.0 Å². The van der Waals surface area contributed by atoms with E-state index in [0.717, 1.165) is 31.9 Å². The van der Waals surface area contributed by atoms with E-state index in [9.17, 15) is 0 Å². The van der Waals surface area contributed by atoms with E-state index in [1.807, 2.05) is 6.92 Å². The average molecular weight is 396 g/mol. The van der Waals surface area contributed by atoms with Gasteiger partial charge in [-0.3, -0.25) is 9.80 Å². The summed E-state index contributed by atoms with van der Waals surface area (Å²) in [4.78, 5) is 9.70. The quantitative estimate of drug-likeness (QED) is 0.697. The second-order valence-electron chi connectivity index (χ2n) is 9.56. The smallest absolute Gasteiger partial charge is 0.213 e. The van der Waals surface area contributed by atoms with Crippen molar-refractivity contribution < 1.29 is 4.74 Å². The minimum atomic E-state index is 0.136. The molecule has 2 aromatic rings. The number of benzene rings is 1. The zero-order valence-corrected chi connectivity index (χ0v) is 19.2. The van der Waals surface area contributed by atoms with Gasteiger partial charge in [-0.2, -0.15) is 0 Å². The van der Waals surface area contributed by atoms with Crippen molar-refractivity contribution in [2.45, 2.75) is 65.6 Å². The number of rotatable bonds is 5. The van der Waals surface area contributed by atoms with Crippen LogP contribution in [0, 0.1) is 6.92 Å². The molecular weight excluding hydrogens is 358 g/mol. The molecule has 3 rings (SSSR count). The van der Waals surface area contributed by atoms with Crippen LogP contribution in [-0.4, -0.2) is 47.1 Å². The molecule has 1 aromatic heterocycles. The highest BCUT2D eigenvalue weighted by Gasteiger charge is 2.36. The minimum Gasteiger partial charge on any atom is -0.481 e. The van der Waals surface area contributed by atoms with Crippen LogP contribution in [0.15, 0.2) is 36.4 Å². The minimum absolute atomic E-state index is 0.136. The van der Waals surface area contributed by atoms with Crippen molar-refractivity contribution in [3.63, 3.8) is 0 Å². The number of hydrogen-bond donors (Lipinski definition) is 0. The van der Waals surface area contributed by atoms with Gasteiger partial charge in [0.05, 0.1) is 7.11 Å². The predicted octanol–water partition coefficient (Wildman–Crippen LogP) is 5.18. The molecule has 0 saturated carbocycles. The van der Waals surface area contributed by atoms with Crippen molar-refractivity contribution in [2.75, 3.05) is 26.7 Å². The van der Waals surface area contributed by atoms with E-state index in [4.69, 9.17) is 4.74 Å². The lowest BCUT2D eigenvalue weighted by atomic mass is 9.88. The fourth-order valence-corrected chi connectivity index (χ4v) is 4.55. The number of aryl methyl sites for hydroxylation is 1. The van der Waals surface area contributed by atoms with Crippen molar-refractivity contribution in [3.8, 4) is 5.88 Å². The molecule has 0 amide bonds. The molecular formula is C25H37N3O. The Morgan fingerprint density at radius 2 is 1.86 bits per heavy atom. The monoisotopic (exact) mass is 395 g/mol. The van der Waals surface area contributed by atoms with Gasteiger partial charge in [-0.1, -0.05) is 38.1 Å². The molecule has 1 aliphatic rings. The maximum absolute atomic E-state index is 5.38. The molecule has 4 nitrogen and oxygen atoms in total. The fourth-order valence-electron chi connectivity index (χ4n) is 4.55. The van der Waals surface area contributed by atoms with Crippen LogP contribution in [0.4, 0.5) is 0 Å². The second kappa shape index (κ2) is 8.85. The van der Waals surface area contributed by atoms with Gasteiger partial charge in [-0.25, -0.2) is 4.98 Å². The van der Waals surface area contributed by atoms with Crippen LogP contribution >= 0.6 is 0 Å². The summed E-state index contributed by atoms with van der Waals surface area (Å²) in [7, 11) is 1.69. The lowest BCUT2D eigenvalue weighted by Crippen LogP contribution is -2.55. The summed E-state index contributed by atoms with van der Waals surface area (Å²) in [5.74, 6) is 1.23. The Hall–Kier alpha value is -1.91. The average Bonchev–Trinajstić information content (AvgIpc) is 2.66. The standard InChI is InChI=1S/C25H37N3O/c1-18(2)21-10-8-9-11-22(21)23-17-27(12-13-28(23)25(4,5)6)16-20-14-19(3)26-24(15-20)29-7/h8-11,14-15,18,23H,12-13,16-17H2,1-7H3. The van der Waals surface area contributed by atoms with Crippen molar-refractivity contribution in [1.29, 1.82) is 0 Å². The summed E-state index contributed by atoms with van der Waals surface area (Å²) in [5, 5.41) is 0. The molecule has 0 spiro atoms. The first-order valence-corrected chi connectivity index (χ1v) is 10.8. The summed E-state index contributed by atoms with van der Waals surface area (Å²) in [6.07, 6.45) is 0. The van der Waals surface area contributed by atoms with E-state index < -0.39 is 0 Å². The molecule has 1 unspecified atom stereocenters. The zero-order valence-electron chi connectivity index (χ0n) is 19.2. The lowest BCUT2D eigenvalue weighted by molar-refractivity contribution is 0.00552. The lowest BCUT2D eigenvalue weighted by Gasteiger charge is -2.49. The summed E-state index contributed by atoms with van der Waals surface area (Å²) < 4.78 is 5.38. The van der Waals surface area contributed by atoms with Crippen LogP contribution in [0.25, 0.3) is 0 Å². The topological polar surface area (TPSA) is 28.6 Å². The third kappa shape index (κ3) is 5.18. The number of ether oxygens (including phenoxy) is 1. The molecule has 1 fully saturated rings. The molecule has 1 saturated heterocycles. The van der Waals surface area contributed by atoms with Gasteiger partial charge in [0.1, 0.15) is 0 Å². The van der Waals surface area contributed by atoms with E-state index in [2.05, 4.69) is 85.8 Å². The summed E-state index contributed by atoms with van der Waals surface area (Å²) in [6.45, 7) is 17.7. The number of aromatic nitrogens is 1. The Kier molecular flexibility index (Phi) is 6.65. The van der Waals surface area contributed by atoms with Crippen LogP contribution in [0.2, 0.25) is 0 Å². The van der Waals surface area contributed by atoms with Gasteiger partial charge in [-0.15, -0.1) is 0 Å². The van der Waals surface area contributed by atoms with Gasteiger partial charge in [0, 0.05) is 49.5 Å². The molecule has 1 aliphatic heterocycles. The molecule has 158 valence electrons. The zero-order chi connectivity index (χ0) is 21.2. The van der Waals surface area contributed by atoms with Gasteiger partial charge in [-0.05, 0) is 56.4 Å². The highest BCUT2D eigenvalue weighted by atomic mass is 16.5. The first kappa shape index (κ1) is 21.8. The molecule has 4 heteroatoms. The van der Waals surface area contributed by atoms with E-state index in [-0.39, 0.29) is 5.54 Å². The van der Waals surface area contributed by atoms with E-state index in [0.29, 0.717) is 17.8 Å².